The molecule has 0 aromatic heterocycles. The SMILES string of the molecule is Cc1cccc(COc2c(Br)cc(Cl)cc2C=O)c1. The van der Waals surface area contributed by atoms with Crippen LogP contribution in [0.5, 0.6) is 5.75 Å². The maximum Gasteiger partial charge on any atom is 0.153 e. The van der Waals surface area contributed by atoms with Crippen molar-refractivity contribution in [2.45, 2.75) is 13.5 Å². The number of carbonyl (C=O) groups is 1. The van der Waals surface area contributed by atoms with Crippen LogP contribution in [0.1, 0.15) is 21.5 Å². The van der Waals surface area contributed by atoms with Gasteiger partial charge in [-0.15, -0.1) is 0 Å². The Morgan fingerprint density at radius 1 is 1.32 bits per heavy atom. The van der Waals surface area contributed by atoms with Gasteiger partial charge in [0.05, 0.1) is 10.0 Å². The van der Waals surface area contributed by atoms with E-state index >= 15 is 0 Å². The highest BCUT2D eigenvalue weighted by Gasteiger charge is 2.10. The molecule has 0 aliphatic carbocycles. The predicted molar refractivity (Wildman–Crippen MR) is 80.1 cm³/mol. The molecule has 0 heterocycles. The molecule has 0 radical (unpaired) electrons. The molecular formula is C15H12BrClO2. The predicted octanol–water partition coefficient (Wildman–Crippen LogP) is 4.80. The number of aryl methyl sites for hydroxylation is 1. The lowest BCUT2D eigenvalue weighted by molar-refractivity contribution is 0.111. The molecule has 2 aromatic rings. The average Bonchev–Trinajstić information content (AvgIpc) is 2.37. The largest absolute Gasteiger partial charge is 0.487 e. The zero-order valence-corrected chi connectivity index (χ0v) is 12.7. The van der Waals surface area contributed by atoms with Gasteiger partial charge in [-0.2, -0.15) is 0 Å². The minimum absolute atomic E-state index is 0.406. The van der Waals surface area contributed by atoms with Gasteiger partial charge >= 0.3 is 0 Å². The van der Waals surface area contributed by atoms with Gasteiger partial charge in [0.2, 0.25) is 0 Å². The normalized spacial score (nSPS) is 10.3. The molecule has 0 unspecified atom stereocenters. The summed E-state index contributed by atoms with van der Waals surface area (Å²) in [4.78, 5) is 11.0. The van der Waals surface area contributed by atoms with Crippen molar-refractivity contribution in [3.8, 4) is 5.75 Å². The molecule has 0 bridgehead atoms. The number of hydrogen-bond donors (Lipinski definition) is 0. The van der Waals surface area contributed by atoms with E-state index in [1.54, 1.807) is 12.1 Å². The van der Waals surface area contributed by atoms with Crippen LogP contribution in [0.3, 0.4) is 0 Å². The summed E-state index contributed by atoms with van der Waals surface area (Å²) in [5.41, 5.74) is 2.66. The standard InChI is InChI=1S/C15H12BrClO2/c1-10-3-2-4-11(5-10)9-19-15-12(8-18)6-13(17)7-14(15)16/h2-8H,9H2,1H3. The minimum Gasteiger partial charge on any atom is -0.487 e. The van der Waals surface area contributed by atoms with Crippen LogP contribution in [-0.2, 0) is 6.61 Å². The van der Waals surface area contributed by atoms with Crippen LogP contribution in [0.2, 0.25) is 5.02 Å². The number of carbonyl (C=O) groups excluding carboxylic acids is 1. The highest BCUT2D eigenvalue weighted by molar-refractivity contribution is 9.10. The Labute approximate surface area is 125 Å². The van der Waals surface area contributed by atoms with Crippen LogP contribution in [0.25, 0.3) is 0 Å². The lowest BCUT2D eigenvalue weighted by Gasteiger charge is -2.11. The molecule has 0 fully saturated rings. The Morgan fingerprint density at radius 2 is 2.11 bits per heavy atom. The summed E-state index contributed by atoms with van der Waals surface area (Å²) in [5, 5.41) is 0.497. The third-order valence-corrected chi connectivity index (χ3v) is 3.44. The monoisotopic (exact) mass is 338 g/mol. The summed E-state index contributed by atoms with van der Waals surface area (Å²) in [7, 11) is 0. The molecular weight excluding hydrogens is 328 g/mol. The molecule has 4 heteroatoms. The first-order chi connectivity index (χ1) is 9.10. The summed E-state index contributed by atoms with van der Waals surface area (Å²) in [6, 6.07) is 11.3. The van der Waals surface area contributed by atoms with Gasteiger partial charge in [-0.25, -0.2) is 0 Å². The summed E-state index contributed by atoms with van der Waals surface area (Å²) in [6.45, 7) is 2.43. The van der Waals surface area contributed by atoms with Crippen LogP contribution in [-0.4, -0.2) is 6.29 Å². The van der Waals surface area contributed by atoms with E-state index in [9.17, 15) is 4.79 Å². The van der Waals surface area contributed by atoms with Crippen LogP contribution in [0.15, 0.2) is 40.9 Å². The molecule has 0 aliphatic rings. The van der Waals surface area contributed by atoms with E-state index < -0.39 is 0 Å². The van der Waals surface area contributed by atoms with Crippen LogP contribution >= 0.6 is 27.5 Å². The van der Waals surface area contributed by atoms with Crippen molar-refractivity contribution in [2.24, 2.45) is 0 Å². The Kier molecular flexibility index (Phi) is 4.61. The number of aldehydes is 1. The fraction of sp³-hybridized carbons (Fsp3) is 0.133. The molecule has 0 aliphatic heterocycles. The zero-order valence-electron chi connectivity index (χ0n) is 10.3. The number of rotatable bonds is 4. The first-order valence-electron chi connectivity index (χ1n) is 5.72. The molecule has 0 spiro atoms. The van der Waals surface area contributed by atoms with Crippen LogP contribution < -0.4 is 4.74 Å². The summed E-state index contributed by atoms with van der Waals surface area (Å²) >= 11 is 9.25. The number of benzene rings is 2. The Hall–Kier alpha value is -1.32. The van der Waals surface area contributed by atoms with E-state index in [0.29, 0.717) is 27.4 Å². The van der Waals surface area contributed by atoms with E-state index in [4.69, 9.17) is 16.3 Å². The molecule has 2 nitrogen and oxygen atoms in total. The van der Waals surface area contributed by atoms with Crippen LogP contribution in [0, 0.1) is 6.92 Å². The minimum atomic E-state index is 0.406. The fourth-order valence-corrected chi connectivity index (χ4v) is 2.73. The van der Waals surface area contributed by atoms with Gasteiger partial charge in [0.1, 0.15) is 12.4 Å². The Bertz CT molecular complexity index is 611. The maximum absolute atomic E-state index is 11.0. The molecule has 0 N–H and O–H groups in total. The number of halogens is 2. The number of ether oxygens (including phenoxy) is 1. The van der Waals surface area contributed by atoms with E-state index in [2.05, 4.69) is 15.9 Å². The summed E-state index contributed by atoms with van der Waals surface area (Å²) in [5.74, 6) is 0.515. The van der Waals surface area contributed by atoms with Crippen molar-refractivity contribution in [2.75, 3.05) is 0 Å². The van der Waals surface area contributed by atoms with E-state index in [0.717, 1.165) is 11.8 Å². The van der Waals surface area contributed by atoms with Gasteiger partial charge in [-0.1, -0.05) is 41.4 Å². The molecule has 2 aromatic carbocycles. The molecule has 19 heavy (non-hydrogen) atoms. The maximum atomic E-state index is 11.0. The molecule has 0 saturated heterocycles. The van der Waals surface area contributed by atoms with Crippen molar-refractivity contribution < 1.29 is 9.53 Å². The van der Waals surface area contributed by atoms with Crippen molar-refractivity contribution in [1.82, 2.24) is 0 Å². The van der Waals surface area contributed by atoms with Gasteiger partial charge in [0, 0.05) is 5.02 Å². The molecule has 0 atom stereocenters. The van der Waals surface area contributed by atoms with Gasteiger partial charge in [-0.3, -0.25) is 4.79 Å². The highest BCUT2D eigenvalue weighted by atomic mass is 79.9. The second-order valence-corrected chi connectivity index (χ2v) is 5.49. The first-order valence-corrected chi connectivity index (χ1v) is 6.90. The molecule has 0 saturated carbocycles. The Balaban J connectivity index is 2.22. The van der Waals surface area contributed by atoms with E-state index in [1.807, 2.05) is 31.2 Å². The fourth-order valence-electron chi connectivity index (χ4n) is 1.78. The average molecular weight is 340 g/mol. The lowest BCUT2D eigenvalue weighted by Crippen LogP contribution is -1.99. The topological polar surface area (TPSA) is 26.3 Å². The van der Waals surface area contributed by atoms with E-state index in [-0.39, 0.29) is 0 Å². The third-order valence-electron chi connectivity index (χ3n) is 2.63. The smallest absolute Gasteiger partial charge is 0.153 e. The molecule has 0 amide bonds. The zero-order chi connectivity index (χ0) is 13.8. The third kappa shape index (κ3) is 3.58. The van der Waals surface area contributed by atoms with Gasteiger partial charge in [0.25, 0.3) is 0 Å². The highest BCUT2D eigenvalue weighted by Crippen LogP contribution is 2.32. The van der Waals surface area contributed by atoms with Crippen molar-refractivity contribution in [1.29, 1.82) is 0 Å². The summed E-state index contributed by atoms with van der Waals surface area (Å²) < 4.78 is 6.39. The molecule has 98 valence electrons. The van der Waals surface area contributed by atoms with Gasteiger partial charge in [0.15, 0.2) is 6.29 Å². The second-order valence-electron chi connectivity index (χ2n) is 4.20. The van der Waals surface area contributed by atoms with Crippen molar-refractivity contribution in [3.63, 3.8) is 0 Å². The summed E-state index contributed by atoms with van der Waals surface area (Å²) in [6.07, 6.45) is 0.738. The quantitative estimate of drug-likeness (QED) is 0.748. The van der Waals surface area contributed by atoms with E-state index in [1.165, 1.54) is 5.56 Å². The Morgan fingerprint density at radius 3 is 2.79 bits per heavy atom. The van der Waals surface area contributed by atoms with Crippen LogP contribution in [0.4, 0.5) is 0 Å². The lowest BCUT2D eigenvalue weighted by atomic mass is 10.1. The van der Waals surface area contributed by atoms with Gasteiger partial charge in [-0.05, 0) is 40.5 Å². The first kappa shape index (κ1) is 14.1. The van der Waals surface area contributed by atoms with Crippen molar-refractivity contribution >= 4 is 33.8 Å². The molecule has 2 rings (SSSR count). The van der Waals surface area contributed by atoms with Crippen molar-refractivity contribution in [3.05, 3.63) is 62.6 Å². The van der Waals surface area contributed by atoms with Gasteiger partial charge < -0.3 is 4.74 Å². The second kappa shape index (κ2) is 6.22. The number of hydrogen-bond acceptors (Lipinski definition) is 2.